The van der Waals surface area contributed by atoms with Gasteiger partial charge in [-0.25, -0.2) is 5.43 Å². The highest BCUT2D eigenvalue weighted by Crippen LogP contribution is 2.27. The third-order valence-corrected chi connectivity index (χ3v) is 3.72. The van der Waals surface area contributed by atoms with Crippen LogP contribution in [0.1, 0.15) is 24.4 Å². The molecular weight excluding hydrogens is 250 g/mol. The van der Waals surface area contributed by atoms with E-state index in [1.807, 2.05) is 24.3 Å². The third-order valence-electron chi connectivity index (χ3n) is 3.47. The Balaban J connectivity index is 1.73. The second kappa shape index (κ2) is 4.88. The molecule has 2 atom stereocenters. The van der Waals surface area contributed by atoms with Crippen LogP contribution in [-0.2, 0) is 4.79 Å². The van der Waals surface area contributed by atoms with Gasteiger partial charge in [0, 0.05) is 17.6 Å². The maximum Gasteiger partial charge on any atom is 0.226 e. The highest BCUT2D eigenvalue weighted by Gasteiger charge is 2.36. The summed E-state index contributed by atoms with van der Waals surface area (Å²) in [6.45, 7) is 0.659. The minimum Gasteiger partial charge on any atom is -0.353 e. The molecule has 0 radical (unpaired) electrons. The summed E-state index contributed by atoms with van der Waals surface area (Å²) < 4.78 is 0. The van der Waals surface area contributed by atoms with Crippen LogP contribution in [0.5, 0.6) is 0 Å². The first-order valence-corrected chi connectivity index (χ1v) is 6.66. The first kappa shape index (κ1) is 12.0. The normalized spacial score (nSPS) is 27.2. The monoisotopic (exact) mass is 265 g/mol. The zero-order chi connectivity index (χ0) is 12.5. The second-order valence-electron chi connectivity index (χ2n) is 4.94. The predicted molar refractivity (Wildman–Crippen MR) is 70.0 cm³/mol. The summed E-state index contributed by atoms with van der Waals surface area (Å²) in [5, 5.41) is 3.77. The van der Waals surface area contributed by atoms with E-state index < -0.39 is 0 Å². The number of nitrogens with one attached hydrogen (secondary N) is 3. The first-order chi connectivity index (χ1) is 8.74. The number of hydrogen-bond acceptors (Lipinski definition) is 3. The van der Waals surface area contributed by atoms with Crippen LogP contribution in [0.25, 0.3) is 0 Å². The van der Waals surface area contributed by atoms with E-state index >= 15 is 0 Å². The van der Waals surface area contributed by atoms with Gasteiger partial charge in [-0.05, 0) is 30.5 Å². The minimum atomic E-state index is -0.0632. The molecule has 1 saturated carbocycles. The fraction of sp³-hybridized carbons (Fsp3) is 0.462. The SMILES string of the molecule is O=C(NC1CC1)C1CNNC1c1ccc(Cl)cc1. The summed E-state index contributed by atoms with van der Waals surface area (Å²) in [7, 11) is 0. The highest BCUT2D eigenvalue weighted by atomic mass is 35.5. The molecule has 1 aliphatic carbocycles. The van der Waals surface area contributed by atoms with Gasteiger partial charge in [-0.2, -0.15) is 0 Å². The second-order valence-corrected chi connectivity index (χ2v) is 5.38. The standard InChI is InChI=1S/C13H16ClN3O/c14-9-3-1-8(2-4-9)12-11(7-15-17-12)13(18)16-10-5-6-10/h1-4,10-12,15,17H,5-7H2,(H,16,18). The molecule has 2 fully saturated rings. The molecule has 0 aromatic heterocycles. The fourth-order valence-electron chi connectivity index (χ4n) is 2.26. The molecule has 96 valence electrons. The molecule has 0 spiro atoms. The fourth-order valence-corrected chi connectivity index (χ4v) is 2.39. The van der Waals surface area contributed by atoms with Crippen molar-refractivity contribution in [1.29, 1.82) is 0 Å². The number of carbonyl (C=O) groups is 1. The van der Waals surface area contributed by atoms with Crippen LogP contribution in [0.3, 0.4) is 0 Å². The van der Waals surface area contributed by atoms with E-state index in [1.165, 1.54) is 0 Å². The lowest BCUT2D eigenvalue weighted by Crippen LogP contribution is -2.36. The number of rotatable bonds is 3. The van der Waals surface area contributed by atoms with Gasteiger partial charge < -0.3 is 5.32 Å². The van der Waals surface area contributed by atoms with Gasteiger partial charge >= 0.3 is 0 Å². The van der Waals surface area contributed by atoms with Crippen molar-refractivity contribution in [1.82, 2.24) is 16.2 Å². The largest absolute Gasteiger partial charge is 0.353 e. The summed E-state index contributed by atoms with van der Waals surface area (Å²) in [6, 6.07) is 8.05. The van der Waals surface area contributed by atoms with Gasteiger partial charge in [-0.1, -0.05) is 23.7 Å². The van der Waals surface area contributed by atoms with Crippen molar-refractivity contribution < 1.29 is 4.79 Å². The van der Waals surface area contributed by atoms with Crippen molar-refractivity contribution in [2.24, 2.45) is 5.92 Å². The van der Waals surface area contributed by atoms with E-state index in [-0.39, 0.29) is 17.9 Å². The molecule has 2 unspecified atom stereocenters. The van der Waals surface area contributed by atoms with Gasteiger partial charge in [-0.3, -0.25) is 10.2 Å². The van der Waals surface area contributed by atoms with Gasteiger partial charge in [0.05, 0.1) is 12.0 Å². The average Bonchev–Trinajstić information content (AvgIpc) is 3.04. The Hall–Kier alpha value is -1.10. The van der Waals surface area contributed by atoms with Crippen LogP contribution >= 0.6 is 11.6 Å². The number of halogens is 1. The van der Waals surface area contributed by atoms with E-state index in [0.717, 1.165) is 18.4 Å². The first-order valence-electron chi connectivity index (χ1n) is 6.28. The minimum absolute atomic E-state index is 0.0148. The van der Waals surface area contributed by atoms with Crippen molar-refractivity contribution in [2.75, 3.05) is 6.54 Å². The third kappa shape index (κ3) is 2.51. The van der Waals surface area contributed by atoms with E-state index in [9.17, 15) is 4.79 Å². The van der Waals surface area contributed by atoms with Crippen molar-refractivity contribution in [3.8, 4) is 0 Å². The van der Waals surface area contributed by atoms with E-state index in [0.29, 0.717) is 17.6 Å². The molecule has 1 aromatic rings. The summed E-state index contributed by atoms with van der Waals surface area (Å²) >= 11 is 5.88. The van der Waals surface area contributed by atoms with Gasteiger partial charge in [-0.15, -0.1) is 0 Å². The van der Waals surface area contributed by atoms with Gasteiger partial charge in [0.1, 0.15) is 0 Å². The number of benzene rings is 1. The maximum absolute atomic E-state index is 12.1. The molecule has 4 nitrogen and oxygen atoms in total. The Kier molecular flexibility index (Phi) is 3.24. The van der Waals surface area contributed by atoms with Crippen LogP contribution < -0.4 is 16.2 Å². The summed E-state index contributed by atoms with van der Waals surface area (Å²) in [6.07, 6.45) is 2.23. The molecular formula is C13H16ClN3O. The van der Waals surface area contributed by atoms with Crippen molar-refractivity contribution in [3.63, 3.8) is 0 Å². The highest BCUT2D eigenvalue weighted by molar-refractivity contribution is 6.30. The van der Waals surface area contributed by atoms with Crippen molar-refractivity contribution >= 4 is 17.5 Å². The van der Waals surface area contributed by atoms with E-state index in [4.69, 9.17) is 11.6 Å². The van der Waals surface area contributed by atoms with Crippen LogP contribution in [0, 0.1) is 5.92 Å². The number of hydrazine groups is 1. The summed E-state index contributed by atoms with van der Waals surface area (Å²) in [4.78, 5) is 12.1. The lowest BCUT2D eigenvalue weighted by atomic mass is 9.94. The topological polar surface area (TPSA) is 53.2 Å². The zero-order valence-corrected chi connectivity index (χ0v) is 10.7. The van der Waals surface area contributed by atoms with Crippen LogP contribution in [0.15, 0.2) is 24.3 Å². The van der Waals surface area contributed by atoms with Gasteiger partial charge in [0.2, 0.25) is 5.91 Å². The Morgan fingerprint density at radius 2 is 2.00 bits per heavy atom. The quantitative estimate of drug-likeness (QED) is 0.774. The molecule has 1 saturated heterocycles. The Labute approximate surface area is 111 Å². The average molecular weight is 266 g/mol. The molecule has 18 heavy (non-hydrogen) atoms. The Bertz CT molecular complexity index is 444. The number of hydrogen-bond donors (Lipinski definition) is 3. The molecule has 2 aliphatic rings. The Morgan fingerprint density at radius 3 is 2.67 bits per heavy atom. The predicted octanol–water partition coefficient (Wildman–Crippen LogP) is 1.38. The molecule has 1 aromatic carbocycles. The molecule has 5 heteroatoms. The summed E-state index contributed by atoms with van der Waals surface area (Å²) in [5.41, 5.74) is 7.31. The van der Waals surface area contributed by atoms with Crippen LogP contribution in [-0.4, -0.2) is 18.5 Å². The number of carbonyl (C=O) groups excluding carboxylic acids is 1. The van der Waals surface area contributed by atoms with Gasteiger partial charge in [0.15, 0.2) is 0 Å². The van der Waals surface area contributed by atoms with Crippen LogP contribution in [0.2, 0.25) is 5.02 Å². The molecule has 1 aliphatic heterocycles. The lowest BCUT2D eigenvalue weighted by Gasteiger charge is -2.18. The smallest absolute Gasteiger partial charge is 0.226 e. The molecule has 1 amide bonds. The van der Waals surface area contributed by atoms with E-state index in [2.05, 4.69) is 16.2 Å². The van der Waals surface area contributed by atoms with Crippen LogP contribution in [0.4, 0.5) is 0 Å². The Morgan fingerprint density at radius 1 is 1.28 bits per heavy atom. The molecule has 0 bridgehead atoms. The molecule has 3 N–H and O–H groups in total. The van der Waals surface area contributed by atoms with E-state index in [1.54, 1.807) is 0 Å². The van der Waals surface area contributed by atoms with Gasteiger partial charge in [0.25, 0.3) is 0 Å². The maximum atomic E-state index is 12.1. The molecule has 1 heterocycles. The van der Waals surface area contributed by atoms with Crippen molar-refractivity contribution in [2.45, 2.75) is 24.9 Å². The summed E-state index contributed by atoms with van der Waals surface area (Å²) in [5.74, 6) is 0.0710. The van der Waals surface area contributed by atoms with Crippen molar-refractivity contribution in [3.05, 3.63) is 34.9 Å². The number of amides is 1. The molecule has 3 rings (SSSR count). The zero-order valence-electron chi connectivity index (χ0n) is 9.95. The lowest BCUT2D eigenvalue weighted by molar-refractivity contribution is -0.125.